The number of nitrogens with one attached hydrogen (secondary N) is 1. The van der Waals surface area contributed by atoms with Crippen molar-refractivity contribution in [3.05, 3.63) is 52.6 Å². The van der Waals surface area contributed by atoms with Gasteiger partial charge in [0.1, 0.15) is 11.2 Å². The lowest BCUT2D eigenvalue weighted by Crippen LogP contribution is -2.47. The number of fused-ring (bicyclic) bond motifs is 1. The third-order valence-electron chi connectivity index (χ3n) is 4.70. The third-order valence-corrected chi connectivity index (χ3v) is 4.70. The maximum absolute atomic E-state index is 12.9. The van der Waals surface area contributed by atoms with E-state index in [0.29, 0.717) is 17.9 Å². The Balaban J connectivity index is 2.34. The molecule has 0 saturated carbocycles. The summed E-state index contributed by atoms with van der Waals surface area (Å²) in [6, 6.07) is 5.34. The molecular weight excluding hydrogens is 380 g/mol. The summed E-state index contributed by atoms with van der Waals surface area (Å²) >= 11 is 0. The summed E-state index contributed by atoms with van der Waals surface area (Å²) < 4.78 is 5.20. The second-order valence-electron chi connectivity index (χ2n) is 7.87. The van der Waals surface area contributed by atoms with Gasteiger partial charge in [-0.15, -0.1) is 0 Å². The fourth-order valence-electron chi connectivity index (χ4n) is 3.01. The van der Waals surface area contributed by atoms with Crippen LogP contribution in [0.5, 0.6) is 5.75 Å². The van der Waals surface area contributed by atoms with Crippen LogP contribution in [0.4, 0.5) is 0 Å². The molecule has 1 atom stereocenters. The van der Waals surface area contributed by atoms with Crippen molar-refractivity contribution in [3.63, 3.8) is 0 Å². The fourth-order valence-corrected chi connectivity index (χ4v) is 3.01. The van der Waals surface area contributed by atoms with Gasteiger partial charge in [-0.25, -0.2) is 0 Å². The Bertz CT molecular complexity index is 990. The van der Waals surface area contributed by atoms with E-state index in [2.05, 4.69) is 17.2 Å². The van der Waals surface area contributed by atoms with Crippen LogP contribution >= 0.6 is 0 Å². The molecule has 0 fully saturated rings. The van der Waals surface area contributed by atoms with Gasteiger partial charge in [-0.2, -0.15) is 0 Å². The predicted octanol–water partition coefficient (Wildman–Crippen LogP) is 3.24. The largest absolute Gasteiger partial charge is 0.497 e. The van der Waals surface area contributed by atoms with E-state index in [1.807, 2.05) is 39.0 Å². The van der Waals surface area contributed by atoms with Crippen LogP contribution in [0.15, 0.2) is 41.5 Å². The van der Waals surface area contributed by atoms with Crippen molar-refractivity contribution in [1.29, 1.82) is 0 Å². The number of allylic oxidation sites excluding steroid dienone is 4. The molecule has 6 nitrogen and oxygen atoms in total. The van der Waals surface area contributed by atoms with Crippen molar-refractivity contribution in [2.75, 3.05) is 13.7 Å². The van der Waals surface area contributed by atoms with Crippen molar-refractivity contribution in [3.8, 4) is 17.6 Å². The second-order valence-corrected chi connectivity index (χ2v) is 7.87. The number of rotatable bonds is 5. The molecule has 1 aromatic rings. The lowest BCUT2D eigenvalue weighted by atomic mass is 9.88. The van der Waals surface area contributed by atoms with Crippen LogP contribution in [0.2, 0.25) is 0 Å². The highest BCUT2D eigenvalue weighted by Crippen LogP contribution is 2.29. The van der Waals surface area contributed by atoms with Crippen LogP contribution in [0.3, 0.4) is 0 Å². The van der Waals surface area contributed by atoms with E-state index in [9.17, 15) is 14.4 Å². The molecule has 30 heavy (non-hydrogen) atoms. The first-order valence-corrected chi connectivity index (χ1v) is 9.69. The first-order valence-electron chi connectivity index (χ1n) is 9.69. The number of ether oxygens (including phenoxy) is 1. The zero-order valence-electron chi connectivity index (χ0n) is 18.4. The molecule has 0 unspecified atom stereocenters. The topological polar surface area (TPSA) is 75.7 Å². The SMILES string of the molecule is COc1ccc2c(c1)C(=O)N(C[C@](C)(C#C/C(C)=C/C=C(C)C)C(=O)NC(C)=O)C2. The molecule has 0 aromatic heterocycles. The van der Waals surface area contributed by atoms with Crippen molar-refractivity contribution in [2.45, 2.75) is 41.2 Å². The average Bonchev–Trinajstić information content (AvgIpc) is 2.98. The quantitative estimate of drug-likeness (QED) is 0.600. The number of carbonyl (C=O) groups excluding carboxylic acids is 3. The summed E-state index contributed by atoms with van der Waals surface area (Å²) in [6.45, 7) is 9.15. The number of benzene rings is 1. The first kappa shape index (κ1) is 23.0. The van der Waals surface area contributed by atoms with Crippen LogP contribution in [0.1, 0.15) is 50.5 Å². The number of carbonyl (C=O) groups is 3. The Morgan fingerprint density at radius 2 is 1.93 bits per heavy atom. The fraction of sp³-hybridized carbons (Fsp3) is 0.375. The molecule has 1 N–H and O–H groups in total. The molecule has 0 bridgehead atoms. The van der Waals surface area contributed by atoms with Crippen molar-refractivity contribution in [1.82, 2.24) is 10.2 Å². The summed E-state index contributed by atoms with van der Waals surface area (Å²) in [7, 11) is 1.54. The zero-order chi connectivity index (χ0) is 22.5. The highest BCUT2D eigenvalue weighted by Gasteiger charge is 2.38. The molecule has 3 amide bonds. The summed E-state index contributed by atoms with van der Waals surface area (Å²) in [6.07, 6.45) is 3.81. The lowest BCUT2D eigenvalue weighted by molar-refractivity contribution is -0.133. The minimum Gasteiger partial charge on any atom is -0.497 e. The van der Waals surface area contributed by atoms with Crippen LogP contribution in [0.25, 0.3) is 0 Å². The molecule has 0 spiro atoms. The number of amides is 3. The number of methoxy groups -OCH3 is 1. The number of nitrogens with zero attached hydrogens (tertiary/aromatic N) is 1. The van der Waals surface area contributed by atoms with E-state index in [4.69, 9.17) is 4.74 Å². The molecule has 0 saturated heterocycles. The number of hydrogen-bond donors (Lipinski definition) is 1. The van der Waals surface area contributed by atoms with Gasteiger partial charge in [0, 0.05) is 25.6 Å². The van der Waals surface area contributed by atoms with Gasteiger partial charge < -0.3 is 9.64 Å². The maximum Gasteiger partial charge on any atom is 0.254 e. The molecule has 1 aliphatic rings. The summed E-state index contributed by atoms with van der Waals surface area (Å²) in [5.74, 6) is 5.40. The predicted molar refractivity (Wildman–Crippen MR) is 116 cm³/mol. The van der Waals surface area contributed by atoms with E-state index in [0.717, 1.165) is 16.7 Å². The standard InChI is InChI=1S/C24H28N2O4/c1-16(2)7-8-17(3)11-12-24(5,23(29)25-18(4)27)15-26-14-19-9-10-20(30-6)13-21(19)22(26)28/h7-10,13H,14-15H2,1-6H3,(H,25,27,29)/b17-8+/t24-/m0/s1. The van der Waals surface area contributed by atoms with E-state index < -0.39 is 17.2 Å². The van der Waals surface area contributed by atoms with Crippen LogP contribution in [-0.2, 0) is 16.1 Å². The molecule has 1 aromatic carbocycles. The Labute approximate surface area is 178 Å². The number of imide groups is 1. The minimum atomic E-state index is -1.26. The molecule has 0 radical (unpaired) electrons. The first-order chi connectivity index (χ1) is 14.1. The van der Waals surface area contributed by atoms with E-state index >= 15 is 0 Å². The smallest absolute Gasteiger partial charge is 0.254 e. The summed E-state index contributed by atoms with van der Waals surface area (Å²) in [5.41, 5.74) is 2.06. The molecule has 158 valence electrons. The van der Waals surface area contributed by atoms with Crippen molar-refractivity contribution < 1.29 is 19.1 Å². The van der Waals surface area contributed by atoms with Gasteiger partial charge in [0.2, 0.25) is 11.8 Å². The molecular formula is C24H28N2O4. The molecule has 6 heteroatoms. The van der Waals surface area contributed by atoms with E-state index in [1.165, 1.54) is 6.92 Å². The lowest BCUT2D eigenvalue weighted by Gasteiger charge is -2.27. The molecule has 1 aliphatic heterocycles. The van der Waals surface area contributed by atoms with E-state index in [-0.39, 0.29) is 12.5 Å². The van der Waals surface area contributed by atoms with Gasteiger partial charge in [0.05, 0.1) is 7.11 Å². The summed E-state index contributed by atoms with van der Waals surface area (Å²) in [5, 5.41) is 2.32. The van der Waals surface area contributed by atoms with Gasteiger partial charge >= 0.3 is 0 Å². The maximum atomic E-state index is 12.9. The van der Waals surface area contributed by atoms with Crippen molar-refractivity contribution in [2.24, 2.45) is 5.41 Å². The minimum absolute atomic E-state index is 0.0604. The molecule has 2 rings (SSSR count). The van der Waals surface area contributed by atoms with Crippen LogP contribution in [0, 0.1) is 17.3 Å². The van der Waals surface area contributed by atoms with Gasteiger partial charge in [-0.1, -0.05) is 35.6 Å². The molecule has 1 heterocycles. The Morgan fingerprint density at radius 1 is 1.23 bits per heavy atom. The summed E-state index contributed by atoms with van der Waals surface area (Å²) in [4.78, 5) is 38.8. The normalized spacial score (nSPS) is 14.8. The Hall–Kier alpha value is -3.33. The van der Waals surface area contributed by atoms with Gasteiger partial charge in [0.25, 0.3) is 5.91 Å². The Kier molecular flexibility index (Phi) is 7.23. The molecule has 0 aliphatic carbocycles. The number of hydrogen-bond acceptors (Lipinski definition) is 4. The van der Waals surface area contributed by atoms with Crippen LogP contribution < -0.4 is 10.1 Å². The second kappa shape index (κ2) is 9.45. The third kappa shape index (κ3) is 5.60. The highest BCUT2D eigenvalue weighted by atomic mass is 16.5. The average molecular weight is 408 g/mol. The zero-order valence-corrected chi connectivity index (χ0v) is 18.4. The van der Waals surface area contributed by atoms with Gasteiger partial charge in [-0.05, 0) is 51.0 Å². The van der Waals surface area contributed by atoms with Gasteiger partial charge in [-0.3, -0.25) is 19.7 Å². The van der Waals surface area contributed by atoms with Crippen molar-refractivity contribution >= 4 is 17.7 Å². The monoisotopic (exact) mass is 408 g/mol. The van der Waals surface area contributed by atoms with Gasteiger partial charge in [0.15, 0.2) is 0 Å². The Morgan fingerprint density at radius 3 is 2.53 bits per heavy atom. The highest BCUT2D eigenvalue weighted by molar-refractivity contribution is 6.01. The van der Waals surface area contributed by atoms with E-state index in [1.54, 1.807) is 31.1 Å². The van der Waals surface area contributed by atoms with Crippen LogP contribution in [-0.4, -0.2) is 36.3 Å².